The summed E-state index contributed by atoms with van der Waals surface area (Å²) in [6.45, 7) is 1.48. The molecule has 0 fully saturated rings. The van der Waals surface area contributed by atoms with Crippen molar-refractivity contribution in [3.63, 3.8) is 0 Å². The maximum Gasteiger partial charge on any atom is 0.251 e. The Labute approximate surface area is 94.5 Å². The summed E-state index contributed by atoms with van der Waals surface area (Å²) in [5.74, 6) is 0. The lowest BCUT2D eigenvalue weighted by Gasteiger charge is -2.29. The van der Waals surface area contributed by atoms with Crippen molar-refractivity contribution >= 4 is 0 Å². The highest BCUT2D eigenvalue weighted by atomic mass is 19.3. The summed E-state index contributed by atoms with van der Waals surface area (Å²) in [5.41, 5.74) is -0.374. The summed E-state index contributed by atoms with van der Waals surface area (Å²) in [6, 6.07) is 9.06. The zero-order valence-electron chi connectivity index (χ0n) is 9.53. The standard InChI is InChI=1S/C12H17F2NO/c1-12(16,9-15(2)8-11(13)14)10-6-4-3-5-7-10/h3-7,11,16H,8-9H2,1-2H3. The number of alkyl halides is 2. The smallest absolute Gasteiger partial charge is 0.251 e. The van der Waals surface area contributed by atoms with Gasteiger partial charge in [-0.2, -0.15) is 0 Å². The van der Waals surface area contributed by atoms with E-state index in [-0.39, 0.29) is 13.1 Å². The summed E-state index contributed by atoms with van der Waals surface area (Å²) in [7, 11) is 1.57. The van der Waals surface area contributed by atoms with Crippen LogP contribution in [0.1, 0.15) is 12.5 Å². The predicted octanol–water partition coefficient (Wildman–Crippen LogP) is 2.09. The molecule has 16 heavy (non-hydrogen) atoms. The Morgan fingerprint density at radius 3 is 2.38 bits per heavy atom. The molecule has 1 atom stereocenters. The molecule has 1 aromatic carbocycles. The predicted molar refractivity (Wildman–Crippen MR) is 59.5 cm³/mol. The molecular weight excluding hydrogens is 212 g/mol. The first-order chi connectivity index (χ1) is 7.42. The largest absolute Gasteiger partial charge is 0.384 e. The normalized spacial score (nSPS) is 15.4. The van der Waals surface area contributed by atoms with Crippen molar-refractivity contribution in [2.75, 3.05) is 20.1 Å². The van der Waals surface area contributed by atoms with E-state index >= 15 is 0 Å². The third-order valence-corrected chi connectivity index (χ3v) is 2.42. The molecule has 0 aromatic heterocycles. The lowest BCUT2D eigenvalue weighted by Crippen LogP contribution is -2.38. The number of benzene rings is 1. The zero-order chi connectivity index (χ0) is 12.2. The second-order valence-electron chi connectivity index (χ2n) is 4.23. The lowest BCUT2D eigenvalue weighted by molar-refractivity contribution is 0.00571. The van der Waals surface area contributed by atoms with Crippen LogP contribution in [0.25, 0.3) is 0 Å². The van der Waals surface area contributed by atoms with E-state index in [2.05, 4.69) is 0 Å². The first-order valence-electron chi connectivity index (χ1n) is 5.16. The monoisotopic (exact) mass is 229 g/mol. The van der Waals surface area contributed by atoms with Crippen LogP contribution in [0.3, 0.4) is 0 Å². The summed E-state index contributed by atoms with van der Waals surface area (Å²) in [6.07, 6.45) is -2.38. The Balaban J connectivity index is 2.65. The van der Waals surface area contributed by atoms with Gasteiger partial charge in [0.15, 0.2) is 0 Å². The van der Waals surface area contributed by atoms with Gasteiger partial charge in [0.2, 0.25) is 0 Å². The van der Waals surface area contributed by atoms with Crippen LogP contribution in [-0.4, -0.2) is 36.6 Å². The molecule has 2 nitrogen and oxygen atoms in total. The van der Waals surface area contributed by atoms with Gasteiger partial charge in [-0.3, -0.25) is 4.90 Å². The molecule has 0 radical (unpaired) electrons. The van der Waals surface area contributed by atoms with Crippen molar-refractivity contribution in [2.45, 2.75) is 19.0 Å². The van der Waals surface area contributed by atoms with Crippen molar-refractivity contribution in [1.82, 2.24) is 4.90 Å². The minimum atomic E-state index is -2.38. The molecule has 0 saturated heterocycles. The highest BCUT2D eigenvalue weighted by Gasteiger charge is 2.25. The third kappa shape index (κ3) is 3.87. The maximum absolute atomic E-state index is 12.1. The average Bonchev–Trinajstić information content (AvgIpc) is 2.16. The molecule has 0 amide bonds. The van der Waals surface area contributed by atoms with Crippen LogP contribution in [0, 0.1) is 0 Å². The molecule has 0 bridgehead atoms. The summed E-state index contributed by atoms with van der Waals surface area (Å²) >= 11 is 0. The van der Waals surface area contributed by atoms with E-state index in [0.717, 1.165) is 5.56 Å². The van der Waals surface area contributed by atoms with Crippen molar-refractivity contribution in [2.24, 2.45) is 0 Å². The molecule has 1 N–H and O–H groups in total. The van der Waals surface area contributed by atoms with Gasteiger partial charge >= 0.3 is 0 Å². The Morgan fingerprint density at radius 1 is 1.31 bits per heavy atom. The van der Waals surface area contributed by atoms with Crippen LogP contribution in [0.2, 0.25) is 0 Å². The highest BCUT2D eigenvalue weighted by molar-refractivity contribution is 5.21. The van der Waals surface area contributed by atoms with Crippen LogP contribution in [0.5, 0.6) is 0 Å². The van der Waals surface area contributed by atoms with Gasteiger partial charge in [0.25, 0.3) is 6.43 Å². The van der Waals surface area contributed by atoms with Crippen molar-refractivity contribution in [3.8, 4) is 0 Å². The molecule has 90 valence electrons. The Morgan fingerprint density at radius 2 is 1.88 bits per heavy atom. The fourth-order valence-electron chi connectivity index (χ4n) is 1.71. The maximum atomic E-state index is 12.1. The third-order valence-electron chi connectivity index (χ3n) is 2.42. The summed E-state index contributed by atoms with van der Waals surface area (Å²) < 4.78 is 24.3. The molecule has 0 saturated carbocycles. The van der Waals surface area contributed by atoms with E-state index in [1.165, 1.54) is 4.90 Å². The Kier molecular flexibility index (Phi) is 4.38. The minimum absolute atomic E-state index is 0.182. The van der Waals surface area contributed by atoms with E-state index in [0.29, 0.717) is 0 Å². The van der Waals surface area contributed by atoms with Crippen LogP contribution in [0.4, 0.5) is 8.78 Å². The van der Waals surface area contributed by atoms with E-state index in [1.807, 2.05) is 18.2 Å². The van der Waals surface area contributed by atoms with Gasteiger partial charge in [0.05, 0.1) is 12.1 Å². The number of likely N-dealkylation sites (N-methyl/N-ethyl adjacent to an activating group) is 1. The molecular formula is C12H17F2NO. The van der Waals surface area contributed by atoms with E-state index in [1.54, 1.807) is 26.1 Å². The number of halogens is 2. The number of rotatable bonds is 5. The van der Waals surface area contributed by atoms with E-state index in [9.17, 15) is 13.9 Å². The number of aliphatic hydroxyl groups is 1. The summed E-state index contributed by atoms with van der Waals surface area (Å²) in [5, 5.41) is 10.2. The molecule has 0 aliphatic rings. The zero-order valence-corrected chi connectivity index (χ0v) is 9.53. The molecule has 0 aliphatic heterocycles. The highest BCUT2D eigenvalue weighted by Crippen LogP contribution is 2.21. The fourth-order valence-corrected chi connectivity index (χ4v) is 1.71. The Bertz CT molecular complexity index is 314. The quantitative estimate of drug-likeness (QED) is 0.835. The minimum Gasteiger partial charge on any atom is -0.384 e. The van der Waals surface area contributed by atoms with Gasteiger partial charge in [0.1, 0.15) is 0 Å². The van der Waals surface area contributed by atoms with Crippen LogP contribution >= 0.6 is 0 Å². The van der Waals surface area contributed by atoms with Crippen molar-refractivity contribution in [1.29, 1.82) is 0 Å². The van der Waals surface area contributed by atoms with E-state index < -0.39 is 12.0 Å². The summed E-state index contributed by atoms with van der Waals surface area (Å²) in [4.78, 5) is 1.43. The van der Waals surface area contributed by atoms with Gasteiger partial charge in [-0.05, 0) is 19.5 Å². The molecule has 0 spiro atoms. The van der Waals surface area contributed by atoms with Gasteiger partial charge in [-0.25, -0.2) is 8.78 Å². The van der Waals surface area contributed by atoms with Crippen LogP contribution in [-0.2, 0) is 5.60 Å². The molecule has 4 heteroatoms. The fraction of sp³-hybridized carbons (Fsp3) is 0.500. The van der Waals surface area contributed by atoms with Crippen molar-refractivity contribution in [3.05, 3.63) is 35.9 Å². The number of nitrogens with zero attached hydrogens (tertiary/aromatic N) is 1. The van der Waals surface area contributed by atoms with Gasteiger partial charge in [-0.15, -0.1) is 0 Å². The van der Waals surface area contributed by atoms with Crippen molar-refractivity contribution < 1.29 is 13.9 Å². The molecule has 1 rings (SSSR count). The van der Waals surface area contributed by atoms with Gasteiger partial charge in [0, 0.05) is 6.54 Å². The average molecular weight is 229 g/mol. The Hall–Kier alpha value is -1.00. The second-order valence-corrected chi connectivity index (χ2v) is 4.23. The number of hydrogen-bond donors (Lipinski definition) is 1. The topological polar surface area (TPSA) is 23.5 Å². The lowest BCUT2D eigenvalue weighted by atomic mass is 9.95. The van der Waals surface area contributed by atoms with Gasteiger partial charge in [-0.1, -0.05) is 30.3 Å². The SMILES string of the molecule is CN(CC(F)F)CC(C)(O)c1ccccc1. The molecule has 0 aliphatic carbocycles. The molecule has 1 unspecified atom stereocenters. The van der Waals surface area contributed by atoms with E-state index in [4.69, 9.17) is 0 Å². The molecule has 1 aromatic rings. The van der Waals surface area contributed by atoms with Crippen LogP contribution < -0.4 is 0 Å². The first-order valence-corrected chi connectivity index (χ1v) is 5.16. The number of hydrogen-bond acceptors (Lipinski definition) is 2. The first kappa shape index (κ1) is 13.1. The second kappa shape index (κ2) is 5.37. The van der Waals surface area contributed by atoms with Gasteiger partial charge < -0.3 is 5.11 Å². The van der Waals surface area contributed by atoms with Crippen LogP contribution in [0.15, 0.2) is 30.3 Å². The molecule has 0 heterocycles.